The second-order valence-corrected chi connectivity index (χ2v) is 5.26. The van der Waals surface area contributed by atoms with E-state index in [1.807, 2.05) is 66.8 Å². The van der Waals surface area contributed by atoms with Crippen LogP contribution in [-0.2, 0) is 4.79 Å². The van der Waals surface area contributed by atoms with Gasteiger partial charge in [-0.3, -0.25) is 0 Å². The minimum Gasteiger partial charge on any atom is -0.412 e. The van der Waals surface area contributed by atoms with Gasteiger partial charge in [0.2, 0.25) is 0 Å². The second kappa shape index (κ2) is 10.9. The van der Waals surface area contributed by atoms with Crippen LogP contribution in [0.25, 0.3) is 0 Å². The Morgan fingerprint density at radius 3 is 1.95 bits per heavy atom. The topological polar surface area (TPSA) is 118 Å². The summed E-state index contributed by atoms with van der Waals surface area (Å²) in [6.45, 7) is 0.787. The number of hydrogen-bond donors (Lipinski definition) is 0. The molecule has 7 heteroatoms. The van der Waals surface area contributed by atoms with Crippen LogP contribution in [0.1, 0.15) is 6.42 Å². The maximum Gasteiger partial charge on any atom is -0.412 e. The zero-order chi connectivity index (χ0) is 12.1. The predicted molar refractivity (Wildman–Crippen MR) is 79.3 cm³/mol. The van der Waals surface area contributed by atoms with Crippen molar-refractivity contribution in [2.24, 2.45) is 0 Å². The minimum absolute atomic E-state index is 0. The molecule has 0 atom stereocenters. The number of amides is 1. The summed E-state index contributed by atoms with van der Waals surface area (Å²) in [5.41, 5.74) is 0.953. The average Bonchev–Trinajstić information content (AvgIpc) is 2.26. The Bertz CT molecular complexity index is 357. The van der Waals surface area contributed by atoms with Crippen molar-refractivity contribution in [3.05, 3.63) is 24.3 Å². The molecule has 109 valence electrons. The Morgan fingerprint density at radius 2 is 1.53 bits per heavy atom. The van der Waals surface area contributed by atoms with Gasteiger partial charge in [0, 0.05) is 0 Å². The molecule has 1 aromatic carbocycles. The van der Waals surface area contributed by atoms with Crippen LogP contribution in [0, 0.1) is 0 Å². The largest absolute Gasteiger partial charge is 0.412 e. The first kappa shape index (κ1) is 23.2. The zero-order valence-electron chi connectivity index (χ0n) is 11.5. The molecule has 0 aliphatic carbocycles. The molecule has 19 heavy (non-hydrogen) atoms. The van der Waals surface area contributed by atoms with Crippen LogP contribution in [0.4, 0.5) is 5.69 Å². The van der Waals surface area contributed by atoms with Crippen LogP contribution in [0.5, 0.6) is 0 Å². The Labute approximate surface area is 122 Å². The van der Waals surface area contributed by atoms with Gasteiger partial charge in [-0.25, -0.2) is 0 Å². The second-order valence-electron chi connectivity index (χ2n) is 4.05. The number of hydrogen-bond acceptors (Lipinski definition) is 2. The number of rotatable bonds is 4. The molecule has 0 spiro atoms. The van der Waals surface area contributed by atoms with Gasteiger partial charge in [0.25, 0.3) is 0 Å². The number of carbonyl (C=O) groups is 1. The third-order valence-corrected chi connectivity index (χ3v) is 3.10. The molecular formula is C12H23GeN2O4. The van der Waals surface area contributed by atoms with Crippen molar-refractivity contribution in [3.8, 4) is 0 Å². The van der Waals surface area contributed by atoms with E-state index in [1.54, 1.807) is 4.90 Å². The van der Waals surface area contributed by atoms with Gasteiger partial charge in [-0.1, -0.05) is 0 Å². The molecule has 6 nitrogen and oxygen atoms in total. The number of anilines is 1. The van der Waals surface area contributed by atoms with E-state index >= 15 is 0 Å². The van der Waals surface area contributed by atoms with E-state index in [1.165, 1.54) is 4.40 Å². The molecule has 0 heterocycles. The van der Waals surface area contributed by atoms with Crippen molar-refractivity contribution < 1.29 is 21.2 Å². The molecule has 1 rings (SSSR count). The van der Waals surface area contributed by atoms with Crippen molar-refractivity contribution in [2.75, 3.05) is 32.6 Å². The predicted octanol–water partition coefficient (Wildman–Crippen LogP) is -2.08. The van der Waals surface area contributed by atoms with Crippen molar-refractivity contribution >= 4 is 32.5 Å². The molecule has 0 aliphatic heterocycles. The van der Waals surface area contributed by atoms with Crippen molar-refractivity contribution in [1.29, 1.82) is 0 Å². The van der Waals surface area contributed by atoms with Gasteiger partial charge in [-0.15, -0.1) is 0 Å². The first-order valence-electron chi connectivity index (χ1n) is 5.23. The van der Waals surface area contributed by atoms with Crippen LogP contribution < -0.4 is 9.30 Å². The molecule has 0 bridgehead atoms. The van der Waals surface area contributed by atoms with Gasteiger partial charge in [-0.2, -0.15) is 0 Å². The summed E-state index contributed by atoms with van der Waals surface area (Å²) >= 11 is 2.04. The van der Waals surface area contributed by atoms with Crippen LogP contribution in [0.2, 0.25) is 0 Å². The van der Waals surface area contributed by atoms with Crippen LogP contribution in [0.15, 0.2) is 24.3 Å². The average molecular weight is 332 g/mol. The summed E-state index contributed by atoms with van der Waals surface area (Å²) in [7, 11) is 5.76. The third kappa shape index (κ3) is 7.96. The van der Waals surface area contributed by atoms with E-state index in [4.69, 9.17) is 0 Å². The maximum absolute atomic E-state index is 11.8. The number of nitrogens with zero attached hydrogens (tertiary/aromatic N) is 2. The van der Waals surface area contributed by atoms with Gasteiger partial charge in [-0.05, 0) is 0 Å². The first-order chi connectivity index (χ1) is 7.50. The number of carbonyl (C=O) groups excluding carboxylic acids is 1. The Morgan fingerprint density at radius 1 is 1.05 bits per heavy atom. The Balaban J connectivity index is -0.000000853. The molecule has 0 unspecified atom stereocenters. The Kier molecular flexibility index (Phi) is 13.4. The van der Waals surface area contributed by atoms with Crippen molar-refractivity contribution in [1.82, 2.24) is 4.90 Å². The van der Waals surface area contributed by atoms with E-state index in [0.717, 1.165) is 12.2 Å². The van der Waals surface area contributed by atoms with Crippen molar-refractivity contribution in [3.63, 3.8) is 0 Å². The molecule has 3 radical (unpaired) electrons. The number of benzene rings is 1. The van der Waals surface area contributed by atoms with Gasteiger partial charge in [0.1, 0.15) is 0 Å². The first-order valence-corrected chi connectivity index (χ1v) is 6.28. The van der Waals surface area contributed by atoms with Gasteiger partial charge >= 0.3 is 105 Å². The SMILES string of the molecule is CN(C)CCC(=O)N(C)c1cc[c]([Ge])cc1.O.O.O. The smallest absolute Gasteiger partial charge is 0.412 e. The standard InChI is InChI=1S/C12H17GeN2O.3H2O/c1-14(2)9-8-12(16)15(3)11-6-4-10(13)5-7-11;;;/h4-7H,8-9H2,1-3H3;3*1H2. The van der Waals surface area contributed by atoms with E-state index in [9.17, 15) is 4.79 Å². The summed E-state index contributed by atoms with van der Waals surface area (Å²) in [6, 6.07) is 7.99. The minimum atomic E-state index is 0. The Hall–Kier alpha value is -0.927. The molecule has 0 aromatic heterocycles. The summed E-state index contributed by atoms with van der Waals surface area (Å²) in [5, 5.41) is 0. The molecule has 0 aliphatic rings. The van der Waals surface area contributed by atoms with Crippen LogP contribution in [0.3, 0.4) is 0 Å². The zero-order valence-corrected chi connectivity index (χ0v) is 13.6. The molecule has 0 fully saturated rings. The fourth-order valence-corrected chi connectivity index (χ4v) is 1.67. The van der Waals surface area contributed by atoms with Gasteiger partial charge in [0.05, 0.1) is 0 Å². The summed E-state index contributed by atoms with van der Waals surface area (Å²) in [5.74, 6) is 0.151. The fourth-order valence-electron chi connectivity index (χ4n) is 1.32. The molecule has 0 saturated heterocycles. The molecule has 1 aromatic rings. The summed E-state index contributed by atoms with van der Waals surface area (Å²) in [6.07, 6.45) is 0.553. The van der Waals surface area contributed by atoms with Crippen LogP contribution in [-0.4, -0.2) is 71.4 Å². The molecule has 6 N–H and O–H groups in total. The normalized spacial score (nSPS) is 8.89. The molecule has 1 amide bonds. The quantitative estimate of drug-likeness (QED) is 0.588. The summed E-state index contributed by atoms with van der Waals surface area (Å²) in [4.78, 5) is 15.6. The molecular weight excluding hydrogens is 309 g/mol. The van der Waals surface area contributed by atoms with E-state index in [2.05, 4.69) is 0 Å². The van der Waals surface area contributed by atoms with Crippen LogP contribution >= 0.6 is 0 Å². The monoisotopic (exact) mass is 333 g/mol. The fraction of sp³-hybridized carbons (Fsp3) is 0.417. The maximum atomic E-state index is 11.8. The van der Waals surface area contributed by atoms with E-state index in [0.29, 0.717) is 6.42 Å². The van der Waals surface area contributed by atoms with Gasteiger partial charge in [0.15, 0.2) is 0 Å². The van der Waals surface area contributed by atoms with Gasteiger partial charge < -0.3 is 16.4 Å². The molecule has 0 saturated carbocycles. The van der Waals surface area contributed by atoms with E-state index in [-0.39, 0.29) is 22.3 Å². The summed E-state index contributed by atoms with van der Waals surface area (Å²) < 4.78 is 1.21. The third-order valence-electron chi connectivity index (χ3n) is 2.40. The van der Waals surface area contributed by atoms with E-state index < -0.39 is 0 Å². The van der Waals surface area contributed by atoms with Crippen molar-refractivity contribution in [2.45, 2.75) is 6.42 Å².